The Morgan fingerprint density at radius 3 is 2.72 bits per heavy atom. The molecule has 122 valence electrons. The molecule has 8 heteroatoms. The standard InChI is InChI=1S/C17H9N3O5/c18-9-10-2-1-3-12(6-10)19-16(21)15-7-11-4-5-13(20(23)24)8-14(11)17(22)25-15/h1-8H,(H,19,21). The summed E-state index contributed by atoms with van der Waals surface area (Å²) in [6.07, 6.45) is 0. The molecule has 1 aromatic heterocycles. The average Bonchev–Trinajstić information content (AvgIpc) is 2.61. The SMILES string of the molecule is N#Cc1cccc(NC(=O)c2cc3ccc([N+](=O)[O-])cc3c(=O)o2)c1. The van der Waals surface area contributed by atoms with Gasteiger partial charge in [-0.1, -0.05) is 6.07 Å². The van der Waals surface area contributed by atoms with Crippen molar-refractivity contribution in [3.63, 3.8) is 0 Å². The summed E-state index contributed by atoms with van der Waals surface area (Å²) in [4.78, 5) is 34.4. The van der Waals surface area contributed by atoms with E-state index in [9.17, 15) is 19.7 Å². The molecule has 3 rings (SSSR count). The van der Waals surface area contributed by atoms with E-state index < -0.39 is 16.5 Å². The monoisotopic (exact) mass is 335 g/mol. The van der Waals surface area contributed by atoms with Crippen molar-refractivity contribution in [2.75, 3.05) is 5.32 Å². The molecule has 0 bridgehead atoms. The molecule has 3 aromatic rings. The lowest BCUT2D eigenvalue weighted by atomic mass is 10.1. The molecular formula is C17H9N3O5. The summed E-state index contributed by atoms with van der Waals surface area (Å²) in [5.41, 5.74) is -0.358. The molecule has 0 radical (unpaired) electrons. The van der Waals surface area contributed by atoms with Gasteiger partial charge in [-0.3, -0.25) is 14.9 Å². The number of nitro benzene ring substituents is 1. The Kier molecular flexibility index (Phi) is 3.97. The van der Waals surface area contributed by atoms with Gasteiger partial charge in [-0.05, 0) is 35.7 Å². The molecule has 2 aromatic carbocycles. The summed E-state index contributed by atoms with van der Waals surface area (Å²) in [6.45, 7) is 0. The van der Waals surface area contributed by atoms with Gasteiger partial charge in [0.2, 0.25) is 0 Å². The van der Waals surface area contributed by atoms with Gasteiger partial charge in [-0.2, -0.15) is 5.26 Å². The van der Waals surface area contributed by atoms with E-state index in [1.54, 1.807) is 18.2 Å². The first-order valence-corrected chi connectivity index (χ1v) is 7.02. The first-order valence-electron chi connectivity index (χ1n) is 7.02. The minimum atomic E-state index is -0.850. The fourth-order valence-electron chi connectivity index (χ4n) is 2.26. The summed E-state index contributed by atoms with van der Waals surface area (Å²) in [7, 11) is 0. The van der Waals surface area contributed by atoms with Crippen LogP contribution in [0.2, 0.25) is 0 Å². The molecule has 0 aliphatic rings. The lowest BCUT2D eigenvalue weighted by Crippen LogP contribution is -2.15. The van der Waals surface area contributed by atoms with Crippen LogP contribution in [0.3, 0.4) is 0 Å². The number of fused-ring (bicyclic) bond motifs is 1. The Bertz CT molecular complexity index is 1110. The van der Waals surface area contributed by atoms with Crippen molar-refractivity contribution in [3.8, 4) is 6.07 Å². The molecule has 0 saturated carbocycles. The number of non-ortho nitro benzene ring substituents is 1. The number of benzene rings is 2. The van der Waals surface area contributed by atoms with Crippen LogP contribution in [0.5, 0.6) is 0 Å². The van der Waals surface area contributed by atoms with Crippen molar-refractivity contribution >= 4 is 28.1 Å². The number of amides is 1. The molecule has 0 fully saturated rings. The van der Waals surface area contributed by atoms with E-state index in [1.165, 1.54) is 24.3 Å². The van der Waals surface area contributed by atoms with E-state index in [0.717, 1.165) is 6.07 Å². The van der Waals surface area contributed by atoms with Crippen molar-refractivity contribution in [1.29, 1.82) is 5.26 Å². The van der Waals surface area contributed by atoms with Crippen molar-refractivity contribution < 1.29 is 14.1 Å². The van der Waals surface area contributed by atoms with E-state index in [4.69, 9.17) is 9.68 Å². The molecule has 25 heavy (non-hydrogen) atoms. The quantitative estimate of drug-likeness (QED) is 0.579. The summed E-state index contributed by atoms with van der Waals surface area (Å²) in [5.74, 6) is -0.916. The summed E-state index contributed by atoms with van der Waals surface area (Å²) in [5, 5.41) is 22.5. The van der Waals surface area contributed by atoms with Gasteiger partial charge in [0.15, 0.2) is 5.76 Å². The smallest absolute Gasteiger partial charge is 0.344 e. The van der Waals surface area contributed by atoms with Crippen molar-refractivity contribution in [3.05, 3.63) is 80.4 Å². The number of carbonyl (C=O) groups excluding carboxylic acids is 1. The third-order valence-electron chi connectivity index (χ3n) is 3.43. The second-order valence-corrected chi connectivity index (χ2v) is 5.07. The third kappa shape index (κ3) is 3.20. The first-order chi connectivity index (χ1) is 12.0. The number of hydrogen-bond donors (Lipinski definition) is 1. The zero-order valence-corrected chi connectivity index (χ0v) is 12.6. The number of nitriles is 1. The van der Waals surface area contributed by atoms with Crippen LogP contribution in [-0.2, 0) is 0 Å². The Balaban J connectivity index is 1.97. The summed E-state index contributed by atoms with van der Waals surface area (Å²) in [6, 6.07) is 13.2. The van der Waals surface area contributed by atoms with Crippen LogP contribution in [0.4, 0.5) is 11.4 Å². The van der Waals surface area contributed by atoms with Gasteiger partial charge in [0.05, 0.1) is 21.9 Å². The Morgan fingerprint density at radius 1 is 1.20 bits per heavy atom. The largest absolute Gasteiger partial charge is 0.417 e. The highest BCUT2D eigenvalue weighted by atomic mass is 16.6. The topological polar surface area (TPSA) is 126 Å². The number of nitro groups is 1. The highest BCUT2D eigenvalue weighted by molar-refractivity contribution is 6.04. The molecule has 0 saturated heterocycles. The Labute approximate surface area is 140 Å². The van der Waals surface area contributed by atoms with Crippen LogP contribution in [-0.4, -0.2) is 10.8 Å². The number of nitrogens with one attached hydrogen (secondary N) is 1. The van der Waals surface area contributed by atoms with Crippen LogP contribution in [0, 0.1) is 21.4 Å². The second kappa shape index (κ2) is 6.25. The average molecular weight is 335 g/mol. The van der Waals surface area contributed by atoms with Crippen LogP contribution in [0.25, 0.3) is 10.8 Å². The molecule has 1 heterocycles. The minimum absolute atomic E-state index is 0.0113. The number of carbonyl (C=O) groups is 1. The van der Waals surface area contributed by atoms with E-state index in [0.29, 0.717) is 16.6 Å². The lowest BCUT2D eigenvalue weighted by Gasteiger charge is -2.05. The summed E-state index contributed by atoms with van der Waals surface area (Å²) >= 11 is 0. The van der Waals surface area contributed by atoms with Crippen LogP contribution >= 0.6 is 0 Å². The molecule has 1 amide bonds. The highest BCUT2D eigenvalue weighted by Gasteiger charge is 2.15. The van der Waals surface area contributed by atoms with E-state index in [1.807, 2.05) is 6.07 Å². The highest BCUT2D eigenvalue weighted by Crippen LogP contribution is 2.20. The number of anilines is 1. The molecule has 1 N–H and O–H groups in total. The number of hydrogen-bond acceptors (Lipinski definition) is 6. The fourth-order valence-corrected chi connectivity index (χ4v) is 2.26. The predicted molar refractivity (Wildman–Crippen MR) is 88.2 cm³/mol. The molecule has 0 spiro atoms. The molecule has 0 unspecified atom stereocenters. The van der Waals surface area contributed by atoms with E-state index in [-0.39, 0.29) is 16.8 Å². The summed E-state index contributed by atoms with van der Waals surface area (Å²) < 4.78 is 4.96. The van der Waals surface area contributed by atoms with Crippen LogP contribution in [0.15, 0.2) is 57.7 Å². The first kappa shape index (κ1) is 15.9. The van der Waals surface area contributed by atoms with Crippen molar-refractivity contribution in [2.24, 2.45) is 0 Å². The van der Waals surface area contributed by atoms with Gasteiger partial charge in [-0.25, -0.2) is 4.79 Å². The predicted octanol–water partition coefficient (Wildman–Crippen LogP) is 2.83. The maximum atomic E-state index is 12.2. The Morgan fingerprint density at radius 2 is 2.00 bits per heavy atom. The van der Waals surface area contributed by atoms with Crippen LogP contribution in [0.1, 0.15) is 16.1 Å². The number of nitrogens with zero attached hydrogens (tertiary/aromatic N) is 2. The molecule has 0 atom stereocenters. The van der Waals surface area contributed by atoms with Gasteiger partial charge < -0.3 is 9.73 Å². The zero-order valence-electron chi connectivity index (χ0n) is 12.6. The molecular weight excluding hydrogens is 326 g/mol. The van der Waals surface area contributed by atoms with Crippen molar-refractivity contribution in [2.45, 2.75) is 0 Å². The molecule has 0 aliphatic carbocycles. The van der Waals surface area contributed by atoms with Gasteiger partial charge in [-0.15, -0.1) is 0 Å². The maximum Gasteiger partial charge on any atom is 0.344 e. The normalized spacial score (nSPS) is 10.2. The van der Waals surface area contributed by atoms with Gasteiger partial charge >= 0.3 is 5.63 Å². The van der Waals surface area contributed by atoms with Gasteiger partial charge in [0.1, 0.15) is 0 Å². The van der Waals surface area contributed by atoms with E-state index >= 15 is 0 Å². The third-order valence-corrected chi connectivity index (χ3v) is 3.43. The van der Waals surface area contributed by atoms with Crippen molar-refractivity contribution in [1.82, 2.24) is 0 Å². The number of rotatable bonds is 3. The minimum Gasteiger partial charge on any atom is -0.417 e. The van der Waals surface area contributed by atoms with E-state index in [2.05, 4.69) is 5.32 Å². The molecule has 8 nitrogen and oxygen atoms in total. The zero-order chi connectivity index (χ0) is 18.0. The molecule has 0 aliphatic heterocycles. The van der Waals surface area contributed by atoms with Gasteiger partial charge in [0, 0.05) is 17.8 Å². The second-order valence-electron chi connectivity index (χ2n) is 5.07. The maximum absolute atomic E-state index is 12.2. The van der Waals surface area contributed by atoms with Crippen LogP contribution < -0.4 is 10.9 Å². The van der Waals surface area contributed by atoms with Gasteiger partial charge in [0.25, 0.3) is 11.6 Å². The lowest BCUT2D eigenvalue weighted by molar-refractivity contribution is -0.384. The Hall–Kier alpha value is -3.99. The fraction of sp³-hybridized carbons (Fsp3) is 0.